The van der Waals surface area contributed by atoms with Crippen LogP contribution in [0.3, 0.4) is 0 Å². The molecule has 88 valence electrons. The van der Waals surface area contributed by atoms with Crippen molar-refractivity contribution in [1.82, 2.24) is 4.90 Å². The molecular formula is C12H17NO3. The lowest BCUT2D eigenvalue weighted by atomic mass is 9.91. The Balaban J connectivity index is 2.17. The summed E-state index contributed by atoms with van der Waals surface area (Å²) < 4.78 is 5.70. The minimum absolute atomic E-state index is 0.175. The molecule has 3 atom stereocenters. The highest BCUT2D eigenvalue weighted by Gasteiger charge is 2.60. The van der Waals surface area contributed by atoms with Gasteiger partial charge in [-0.1, -0.05) is 13.8 Å². The van der Waals surface area contributed by atoms with E-state index in [4.69, 9.17) is 4.74 Å². The summed E-state index contributed by atoms with van der Waals surface area (Å²) in [6.07, 6.45) is 4.57. The fourth-order valence-corrected chi connectivity index (χ4v) is 2.65. The Morgan fingerprint density at radius 1 is 1.38 bits per heavy atom. The predicted molar refractivity (Wildman–Crippen MR) is 58.6 cm³/mol. The van der Waals surface area contributed by atoms with E-state index in [-0.39, 0.29) is 29.6 Å². The lowest BCUT2D eigenvalue weighted by Gasteiger charge is -2.28. The molecule has 0 aromatic heterocycles. The molecule has 2 amide bonds. The van der Waals surface area contributed by atoms with E-state index in [1.165, 1.54) is 17.1 Å². The number of rotatable bonds is 4. The van der Waals surface area contributed by atoms with Crippen LogP contribution < -0.4 is 0 Å². The van der Waals surface area contributed by atoms with Crippen molar-refractivity contribution in [1.29, 1.82) is 0 Å². The van der Waals surface area contributed by atoms with Crippen molar-refractivity contribution in [2.75, 3.05) is 0 Å². The van der Waals surface area contributed by atoms with Gasteiger partial charge >= 0.3 is 0 Å². The zero-order valence-corrected chi connectivity index (χ0v) is 9.90. The average molecular weight is 223 g/mol. The SMILES string of the molecule is CCC1OC1(CC)C(C)N1C(=O)C=CC1=O. The summed E-state index contributed by atoms with van der Waals surface area (Å²) in [7, 11) is 0. The molecule has 0 saturated carbocycles. The molecule has 0 N–H and O–H groups in total. The molecule has 0 spiro atoms. The molecule has 0 aliphatic carbocycles. The van der Waals surface area contributed by atoms with Gasteiger partial charge in [-0.2, -0.15) is 0 Å². The largest absolute Gasteiger partial charge is 0.364 e. The van der Waals surface area contributed by atoms with E-state index in [0.717, 1.165) is 12.8 Å². The number of amides is 2. The Bertz CT molecular complexity index is 345. The van der Waals surface area contributed by atoms with Crippen LogP contribution in [0.25, 0.3) is 0 Å². The maximum absolute atomic E-state index is 11.6. The summed E-state index contributed by atoms with van der Waals surface area (Å²) in [5.41, 5.74) is -0.313. The third-order valence-electron chi connectivity index (χ3n) is 3.71. The molecule has 0 bridgehead atoms. The lowest BCUT2D eigenvalue weighted by Crippen LogP contribution is -2.47. The van der Waals surface area contributed by atoms with E-state index in [2.05, 4.69) is 6.92 Å². The average Bonchev–Trinajstić information content (AvgIpc) is 2.93. The van der Waals surface area contributed by atoms with Gasteiger partial charge in [0, 0.05) is 12.2 Å². The number of carbonyl (C=O) groups excluding carboxylic acids is 2. The van der Waals surface area contributed by atoms with Gasteiger partial charge in [-0.15, -0.1) is 0 Å². The van der Waals surface area contributed by atoms with Crippen LogP contribution in [0.15, 0.2) is 12.2 Å². The number of nitrogens with zero attached hydrogens (tertiary/aromatic N) is 1. The fourth-order valence-electron chi connectivity index (χ4n) is 2.65. The molecule has 2 aliphatic heterocycles. The normalized spacial score (nSPS) is 34.7. The third-order valence-corrected chi connectivity index (χ3v) is 3.71. The number of imide groups is 1. The zero-order chi connectivity index (χ0) is 11.9. The summed E-state index contributed by atoms with van der Waals surface area (Å²) in [5, 5.41) is 0. The maximum atomic E-state index is 11.6. The first kappa shape index (κ1) is 11.3. The van der Waals surface area contributed by atoms with Crippen LogP contribution in [0.4, 0.5) is 0 Å². The molecule has 2 heterocycles. The molecule has 2 aliphatic rings. The zero-order valence-electron chi connectivity index (χ0n) is 9.90. The number of ether oxygens (including phenoxy) is 1. The Kier molecular flexibility index (Phi) is 2.62. The molecule has 0 aromatic rings. The van der Waals surface area contributed by atoms with Gasteiger partial charge in [0.25, 0.3) is 11.8 Å². The van der Waals surface area contributed by atoms with Gasteiger partial charge in [0.05, 0.1) is 12.1 Å². The number of epoxide rings is 1. The minimum Gasteiger partial charge on any atom is -0.364 e. The molecule has 4 heteroatoms. The Labute approximate surface area is 95.2 Å². The standard InChI is InChI=1S/C12H17NO3/c1-4-9-12(5-2,16-9)8(3)13-10(14)6-7-11(13)15/h6-9H,4-5H2,1-3H3. The van der Waals surface area contributed by atoms with E-state index < -0.39 is 0 Å². The van der Waals surface area contributed by atoms with Crippen molar-refractivity contribution in [3.8, 4) is 0 Å². The van der Waals surface area contributed by atoms with E-state index in [1.807, 2.05) is 13.8 Å². The monoisotopic (exact) mass is 223 g/mol. The van der Waals surface area contributed by atoms with Crippen molar-refractivity contribution in [3.63, 3.8) is 0 Å². The highest BCUT2D eigenvalue weighted by Crippen LogP contribution is 2.46. The highest BCUT2D eigenvalue weighted by atomic mass is 16.6. The van der Waals surface area contributed by atoms with Crippen LogP contribution in [0.5, 0.6) is 0 Å². The van der Waals surface area contributed by atoms with Crippen molar-refractivity contribution in [3.05, 3.63) is 12.2 Å². The second-order valence-corrected chi connectivity index (χ2v) is 4.38. The van der Waals surface area contributed by atoms with Crippen LogP contribution in [-0.2, 0) is 14.3 Å². The second kappa shape index (κ2) is 3.70. The Hall–Kier alpha value is -1.16. The molecule has 4 nitrogen and oxygen atoms in total. The summed E-state index contributed by atoms with van der Waals surface area (Å²) >= 11 is 0. The first-order chi connectivity index (χ1) is 7.56. The van der Waals surface area contributed by atoms with Crippen LogP contribution in [0, 0.1) is 0 Å². The quantitative estimate of drug-likeness (QED) is 0.532. The van der Waals surface area contributed by atoms with Gasteiger partial charge in [-0.05, 0) is 19.8 Å². The molecule has 16 heavy (non-hydrogen) atoms. The van der Waals surface area contributed by atoms with E-state index in [9.17, 15) is 9.59 Å². The van der Waals surface area contributed by atoms with Gasteiger partial charge in [-0.3, -0.25) is 14.5 Å². The van der Waals surface area contributed by atoms with Gasteiger partial charge in [0.2, 0.25) is 0 Å². The van der Waals surface area contributed by atoms with E-state index in [1.54, 1.807) is 0 Å². The molecule has 0 radical (unpaired) electrons. The molecule has 3 unspecified atom stereocenters. The molecule has 0 aromatic carbocycles. The summed E-state index contributed by atoms with van der Waals surface area (Å²) in [5.74, 6) is -0.452. The van der Waals surface area contributed by atoms with Crippen LogP contribution in [0.2, 0.25) is 0 Å². The number of carbonyl (C=O) groups is 2. The summed E-state index contributed by atoms with van der Waals surface area (Å²) in [6, 6.07) is -0.183. The molecule has 1 fully saturated rings. The van der Waals surface area contributed by atoms with Crippen LogP contribution >= 0.6 is 0 Å². The van der Waals surface area contributed by atoms with Gasteiger partial charge in [0.15, 0.2) is 0 Å². The third kappa shape index (κ3) is 1.40. The fraction of sp³-hybridized carbons (Fsp3) is 0.667. The van der Waals surface area contributed by atoms with E-state index >= 15 is 0 Å². The Morgan fingerprint density at radius 3 is 2.31 bits per heavy atom. The van der Waals surface area contributed by atoms with Gasteiger partial charge in [0.1, 0.15) is 5.60 Å². The van der Waals surface area contributed by atoms with Crippen LogP contribution in [-0.4, -0.2) is 34.5 Å². The first-order valence-corrected chi connectivity index (χ1v) is 5.79. The number of hydrogen-bond donors (Lipinski definition) is 0. The van der Waals surface area contributed by atoms with Crippen molar-refractivity contribution in [2.45, 2.75) is 51.4 Å². The predicted octanol–water partition coefficient (Wildman–Crippen LogP) is 1.26. The smallest absolute Gasteiger partial charge is 0.253 e. The van der Waals surface area contributed by atoms with Crippen molar-refractivity contribution in [2.24, 2.45) is 0 Å². The van der Waals surface area contributed by atoms with Crippen LogP contribution in [0.1, 0.15) is 33.6 Å². The molecule has 2 rings (SSSR count). The second-order valence-electron chi connectivity index (χ2n) is 4.38. The molecule has 1 saturated heterocycles. The first-order valence-electron chi connectivity index (χ1n) is 5.79. The van der Waals surface area contributed by atoms with Crippen molar-refractivity contribution >= 4 is 11.8 Å². The number of hydrogen-bond acceptors (Lipinski definition) is 3. The summed E-state index contributed by atoms with van der Waals surface area (Å²) in [4.78, 5) is 24.5. The minimum atomic E-state index is -0.313. The molecular weight excluding hydrogens is 206 g/mol. The maximum Gasteiger partial charge on any atom is 0.253 e. The van der Waals surface area contributed by atoms with E-state index in [0.29, 0.717) is 0 Å². The topological polar surface area (TPSA) is 49.9 Å². The summed E-state index contributed by atoms with van der Waals surface area (Å²) in [6.45, 7) is 5.98. The van der Waals surface area contributed by atoms with Gasteiger partial charge < -0.3 is 4.74 Å². The highest BCUT2D eigenvalue weighted by molar-refractivity contribution is 6.13. The van der Waals surface area contributed by atoms with Gasteiger partial charge in [-0.25, -0.2) is 0 Å². The lowest BCUT2D eigenvalue weighted by molar-refractivity contribution is -0.140. The Morgan fingerprint density at radius 2 is 1.94 bits per heavy atom. The van der Waals surface area contributed by atoms with Crippen molar-refractivity contribution < 1.29 is 14.3 Å².